The predicted octanol–water partition coefficient (Wildman–Crippen LogP) is 3.59. The van der Waals surface area contributed by atoms with Crippen LogP contribution in [0.1, 0.15) is 16.8 Å². The van der Waals surface area contributed by atoms with Crippen LogP contribution in [0.3, 0.4) is 0 Å². The monoisotopic (exact) mass is 504 g/mol. The molecule has 1 saturated heterocycles. The van der Waals surface area contributed by atoms with Crippen molar-refractivity contribution in [3.8, 4) is 0 Å². The van der Waals surface area contributed by atoms with Crippen LogP contribution in [0.4, 0.5) is 15.8 Å². The lowest BCUT2D eigenvalue weighted by Gasteiger charge is -2.28. The molecule has 2 aromatic carbocycles. The molecule has 10 heteroatoms. The van der Waals surface area contributed by atoms with Crippen LogP contribution in [0.5, 0.6) is 0 Å². The van der Waals surface area contributed by atoms with Gasteiger partial charge in [0.1, 0.15) is 5.82 Å². The van der Waals surface area contributed by atoms with Crippen LogP contribution in [-0.4, -0.2) is 41.1 Å². The number of fused-ring (bicyclic) bond motifs is 5. The summed E-state index contributed by atoms with van der Waals surface area (Å²) in [5.41, 5.74) is 0.872. The zero-order valence-electron chi connectivity index (χ0n) is 17.6. The average Bonchev–Trinajstić information content (AvgIpc) is 3.44. The van der Waals surface area contributed by atoms with Gasteiger partial charge in [0.05, 0.1) is 33.8 Å². The van der Waals surface area contributed by atoms with Crippen molar-refractivity contribution in [2.45, 2.75) is 17.2 Å². The van der Waals surface area contributed by atoms with Gasteiger partial charge in [-0.05, 0) is 66.8 Å². The van der Waals surface area contributed by atoms with E-state index < -0.39 is 36.1 Å². The first kappa shape index (κ1) is 22.8. The van der Waals surface area contributed by atoms with Crippen molar-refractivity contribution in [3.63, 3.8) is 0 Å². The van der Waals surface area contributed by atoms with Crippen molar-refractivity contribution in [1.82, 2.24) is 0 Å². The fourth-order valence-corrected chi connectivity index (χ4v) is 6.19. The third-order valence-electron chi connectivity index (χ3n) is 6.81. The summed E-state index contributed by atoms with van der Waals surface area (Å²) in [5.74, 6) is -3.49. The van der Waals surface area contributed by atoms with Crippen LogP contribution in [0.15, 0.2) is 48.5 Å². The second-order valence-corrected chi connectivity index (χ2v) is 9.70. The Morgan fingerprint density at radius 3 is 2.06 bits per heavy atom. The Kier molecular flexibility index (Phi) is 5.81. The van der Waals surface area contributed by atoms with E-state index in [4.69, 9.17) is 27.9 Å². The minimum Gasteiger partial charge on any atom is -0.452 e. The van der Waals surface area contributed by atoms with Gasteiger partial charge in [-0.1, -0.05) is 0 Å². The molecule has 2 aliphatic carbocycles. The molecule has 1 N–H and O–H groups in total. The van der Waals surface area contributed by atoms with E-state index in [1.54, 1.807) is 0 Å². The standard InChI is InChI=1S/C24H19Cl2FN2O5/c25-20-15-9-16(21(20)26)19-18(15)22(31)29(23(19)32)14-7-1-11(2-8-14)24(33)34-10-17(30)28-13-5-3-12(27)4-6-13/h1-8,15-16,18-21H,9-10H2,(H,28,30)/t15-,16-,18-,19+,20-,21+/m1/s1. The molecule has 6 atom stereocenters. The summed E-state index contributed by atoms with van der Waals surface area (Å²) in [6, 6.07) is 11.0. The number of halogens is 3. The number of amides is 3. The smallest absolute Gasteiger partial charge is 0.338 e. The van der Waals surface area contributed by atoms with E-state index in [1.807, 2.05) is 0 Å². The number of imide groups is 1. The summed E-state index contributed by atoms with van der Waals surface area (Å²) in [5, 5.41) is 1.82. The number of esters is 1. The molecular formula is C24H19Cl2FN2O5. The molecular weight excluding hydrogens is 486 g/mol. The van der Waals surface area contributed by atoms with E-state index in [1.165, 1.54) is 48.5 Å². The van der Waals surface area contributed by atoms with Gasteiger partial charge in [-0.15, -0.1) is 23.2 Å². The van der Waals surface area contributed by atoms with E-state index in [-0.39, 0.29) is 40.0 Å². The molecule has 7 nitrogen and oxygen atoms in total. The number of hydrogen-bond acceptors (Lipinski definition) is 5. The maximum Gasteiger partial charge on any atom is 0.338 e. The molecule has 0 unspecified atom stereocenters. The maximum atomic E-state index is 13.1. The van der Waals surface area contributed by atoms with Crippen molar-refractivity contribution >= 4 is 58.3 Å². The third-order valence-corrected chi connectivity index (χ3v) is 8.13. The molecule has 1 heterocycles. The lowest BCUT2D eigenvalue weighted by Crippen LogP contribution is -2.37. The van der Waals surface area contributed by atoms with Gasteiger partial charge in [0.15, 0.2) is 6.61 Å². The van der Waals surface area contributed by atoms with Crippen molar-refractivity contribution in [3.05, 3.63) is 59.9 Å². The molecule has 5 rings (SSSR count). The molecule has 0 spiro atoms. The van der Waals surface area contributed by atoms with Gasteiger partial charge in [0, 0.05) is 5.69 Å². The Hall–Kier alpha value is -2.97. The van der Waals surface area contributed by atoms with Gasteiger partial charge in [-0.2, -0.15) is 0 Å². The first-order valence-electron chi connectivity index (χ1n) is 10.7. The number of anilines is 2. The molecule has 0 radical (unpaired) electrons. The van der Waals surface area contributed by atoms with Crippen molar-refractivity contribution in [2.75, 3.05) is 16.8 Å². The molecule has 2 saturated carbocycles. The van der Waals surface area contributed by atoms with Gasteiger partial charge in [0.25, 0.3) is 5.91 Å². The van der Waals surface area contributed by atoms with Gasteiger partial charge in [0.2, 0.25) is 11.8 Å². The normalized spacial score (nSPS) is 29.3. The average molecular weight is 505 g/mol. The second kappa shape index (κ2) is 8.67. The van der Waals surface area contributed by atoms with Crippen molar-refractivity contribution < 1.29 is 28.3 Å². The van der Waals surface area contributed by atoms with Crippen molar-refractivity contribution in [2.24, 2.45) is 23.7 Å². The number of alkyl halides is 2. The molecule has 3 aliphatic rings. The number of nitrogens with zero attached hydrogens (tertiary/aromatic N) is 1. The van der Waals surface area contributed by atoms with E-state index >= 15 is 0 Å². The van der Waals surface area contributed by atoms with Crippen molar-refractivity contribution in [1.29, 1.82) is 0 Å². The molecule has 2 bridgehead atoms. The molecule has 3 fully saturated rings. The summed E-state index contributed by atoms with van der Waals surface area (Å²) in [7, 11) is 0. The Balaban J connectivity index is 1.21. The minimum absolute atomic E-state index is 0.115. The zero-order chi connectivity index (χ0) is 24.1. The van der Waals surface area contributed by atoms with E-state index in [9.17, 15) is 23.6 Å². The number of ether oxygens (including phenoxy) is 1. The lowest BCUT2D eigenvalue weighted by molar-refractivity contribution is -0.123. The highest BCUT2D eigenvalue weighted by Crippen LogP contribution is 2.59. The van der Waals surface area contributed by atoms with Gasteiger partial charge < -0.3 is 10.1 Å². The van der Waals surface area contributed by atoms with Gasteiger partial charge in [-0.25, -0.2) is 9.18 Å². The highest BCUT2D eigenvalue weighted by atomic mass is 35.5. The van der Waals surface area contributed by atoms with Gasteiger partial charge >= 0.3 is 5.97 Å². The fraction of sp³-hybridized carbons (Fsp3) is 0.333. The van der Waals surface area contributed by atoms with Gasteiger partial charge in [-0.3, -0.25) is 19.3 Å². The predicted molar refractivity (Wildman–Crippen MR) is 122 cm³/mol. The summed E-state index contributed by atoms with van der Waals surface area (Å²) in [4.78, 5) is 51.5. The maximum absolute atomic E-state index is 13.1. The van der Waals surface area contributed by atoms with Crippen LogP contribution >= 0.6 is 23.2 Å². The minimum atomic E-state index is -0.746. The van der Waals surface area contributed by atoms with Crippen LogP contribution in [0.25, 0.3) is 0 Å². The molecule has 34 heavy (non-hydrogen) atoms. The fourth-order valence-electron chi connectivity index (χ4n) is 5.29. The highest BCUT2D eigenvalue weighted by Gasteiger charge is 2.66. The Morgan fingerprint density at radius 2 is 1.50 bits per heavy atom. The Bertz CT molecular complexity index is 1140. The largest absolute Gasteiger partial charge is 0.452 e. The molecule has 3 amide bonds. The number of rotatable bonds is 5. The highest BCUT2D eigenvalue weighted by molar-refractivity contribution is 6.32. The van der Waals surface area contributed by atoms with E-state index in [0.29, 0.717) is 17.8 Å². The quantitative estimate of drug-likeness (QED) is 0.381. The van der Waals surface area contributed by atoms with E-state index in [2.05, 4.69) is 5.32 Å². The number of hydrogen-bond donors (Lipinski definition) is 1. The summed E-state index contributed by atoms with van der Waals surface area (Å²) < 4.78 is 17.9. The Morgan fingerprint density at radius 1 is 0.941 bits per heavy atom. The van der Waals surface area contributed by atoms with Crippen LogP contribution in [0.2, 0.25) is 0 Å². The molecule has 1 aliphatic heterocycles. The topological polar surface area (TPSA) is 92.8 Å². The first-order chi connectivity index (χ1) is 16.3. The SMILES string of the molecule is O=C(COC(=O)c1ccc(N2C(=O)[C@@H]3[C@H]4C[C@@H]([C@H](Cl)[C@@H]4Cl)[C@@H]3C2=O)cc1)Nc1ccc(F)cc1. The summed E-state index contributed by atoms with van der Waals surface area (Å²) in [6.07, 6.45) is 0.683. The van der Waals surface area contributed by atoms with Crippen LogP contribution < -0.4 is 10.2 Å². The van der Waals surface area contributed by atoms with E-state index in [0.717, 1.165) is 4.90 Å². The lowest BCUT2D eigenvalue weighted by atomic mass is 9.80. The van der Waals surface area contributed by atoms with Crippen LogP contribution in [0, 0.1) is 29.5 Å². The first-order valence-corrected chi connectivity index (χ1v) is 11.6. The molecule has 0 aromatic heterocycles. The van der Waals surface area contributed by atoms with Crippen LogP contribution in [-0.2, 0) is 19.1 Å². The number of benzene rings is 2. The Labute approximate surface area is 204 Å². The number of carbonyl (C=O) groups is 4. The molecule has 176 valence electrons. The number of nitrogens with one attached hydrogen (secondary N) is 1. The summed E-state index contributed by atoms with van der Waals surface area (Å²) >= 11 is 12.8. The second-order valence-electron chi connectivity index (χ2n) is 8.69. The number of carbonyl (C=O) groups excluding carboxylic acids is 4. The summed E-state index contributed by atoms with van der Waals surface area (Å²) in [6.45, 7) is -0.535. The third kappa shape index (κ3) is 3.75. The molecule has 2 aromatic rings. The zero-order valence-corrected chi connectivity index (χ0v) is 19.1.